The van der Waals surface area contributed by atoms with Crippen LogP contribution >= 0.6 is 11.6 Å². The first-order chi connectivity index (χ1) is 20.9. The van der Waals surface area contributed by atoms with Gasteiger partial charge in [-0.05, 0) is 71.8 Å². The summed E-state index contributed by atoms with van der Waals surface area (Å²) >= 11 is 6.75. The molecule has 0 bridgehead atoms. The number of hydrogen-bond acceptors (Lipinski definition) is 5. The molecule has 7 rings (SSSR count). The minimum absolute atomic E-state index is 0.506. The van der Waals surface area contributed by atoms with Gasteiger partial charge < -0.3 is 19.7 Å². The number of halogens is 1. The number of H-pyrrole nitrogens is 1. The topological polar surface area (TPSA) is 55.5 Å². The number of likely N-dealkylation sites (N-methyl/N-ethyl adjacent to an activating group) is 1. The summed E-state index contributed by atoms with van der Waals surface area (Å²) in [5.41, 5.74) is 5.76. The minimum atomic E-state index is -0.769. The first kappa shape index (κ1) is 27.5. The summed E-state index contributed by atoms with van der Waals surface area (Å²) in [7, 11) is 2.14. The predicted octanol–water partition coefficient (Wildman–Crippen LogP) is 6.63. The van der Waals surface area contributed by atoms with Crippen LogP contribution in [0.5, 0.6) is 0 Å². The molecule has 0 saturated carbocycles. The summed E-state index contributed by atoms with van der Waals surface area (Å²) in [6.45, 7) is 8.20. The van der Waals surface area contributed by atoms with Gasteiger partial charge in [-0.2, -0.15) is 0 Å². The molecule has 43 heavy (non-hydrogen) atoms. The van der Waals surface area contributed by atoms with Crippen molar-refractivity contribution < 1.29 is 4.79 Å². The predicted molar refractivity (Wildman–Crippen MR) is 175 cm³/mol. The van der Waals surface area contributed by atoms with E-state index >= 15 is 0 Å². The fraction of sp³-hybridized carbons (Fsp3) is 0.250. The Morgan fingerprint density at radius 3 is 2.35 bits per heavy atom. The Hall–Kier alpha value is -4.35. The maximum atomic E-state index is 13.3. The molecule has 3 heterocycles. The number of aromatic amines is 1. The van der Waals surface area contributed by atoms with Crippen molar-refractivity contribution in [1.29, 1.82) is 0 Å². The van der Waals surface area contributed by atoms with Gasteiger partial charge in [0.1, 0.15) is 11.2 Å². The van der Waals surface area contributed by atoms with Gasteiger partial charge in [0.05, 0.1) is 17.7 Å². The molecule has 6 nitrogen and oxygen atoms in total. The number of aromatic nitrogens is 2. The summed E-state index contributed by atoms with van der Waals surface area (Å²) in [4.78, 5) is 28.3. The molecule has 1 aromatic heterocycles. The number of fused-ring (bicyclic) bond motifs is 2. The van der Waals surface area contributed by atoms with E-state index in [9.17, 15) is 4.79 Å². The second-order valence-corrected chi connectivity index (χ2v) is 12.3. The second kappa shape index (κ2) is 10.7. The lowest BCUT2D eigenvalue weighted by Gasteiger charge is -2.42. The van der Waals surface area contributed by atoms with E-state index in [2.05, 4.69) is 100 Å². The van der Waals surface area contributed by atoms with E-state index in [0.29, 0.717) is 17.3 Å². The number of rotatable bonds is 5. The van der Waals surface area contributed by atoms with E-state index in [1.807, 2.05) is 25.1 Å². The number of imidazole rings is 1. The molecule has 0 spiro atoms. The Balaban J connectivity index is 1.47. The highest BCUT2D eigenvalue weighted by Crippen LogP contribution is 2.48. The SMILES string of the molecule is Cc1[nH]cnc1C(C)(c1ccc2ccccc2c1)N1CC(c2cc(Cl)cc3ccccc23)=C(N2CCN(C)CC2)C1=C=O. The van der Waals surface area contributed by atoms with Crippen molar-refractivity contribution in [2.45, 2.75) is 19.4 Å². The van der Waals surface area contributed by atoms with E-state index < -0.39 is 5.54 Å². The van der Waals surface area contributed by atoms with E-state index in [1.54, 1.807) is 6.33 Å². The number of nitrogens with zero attached hydrogens (tertiary/aromatic N) is 4. The van der Waals surface area contributed by atoms with Gasteiger partial charge >= 0.3 is 0 Å². The molecule has 216 valence electrons. The number of nitrogens with one attached hydrogen (secondary N) is 1. The normalized spacial score (nSPS) is 17.6. The quantitative estimate of drug-likeness (QED) is 0.234. The van der Waals surface area contributed by atoms with Crippen LogP contribution in [0.15, 0.2) is 96.6 Å². The smallest absolute Gasteiger partial charge is 0.152 e. The van der Waals surface area contributed by atoms with Crippen LogP contribution < -0.4 is 0 Å². The molecular weight excluding hydrogens is 554 g/mol. The third-order valence-corrected chi connectivity index (χ3v) is 9.52. The van der Waals surface area contributed by atoms with Gasteiger partial charge in [0.25, 0.3) is 0 Å². The average molecular weight is 588 g/mol. The van der Waals surface area contributed by atoms with Crippen molar-refractivity contribution >= 4 is 44.7 Å². The number of aryl methyl sites for hydroxylation is 1. The van der Waals surface area contributed by atoms with Crippen LogP contribution in [0.1, 0.15) is 29.4 Å². The summed E-state index contributed by atoms with van der Waals surface area (Å²) in [5, 5.41) is 5.18. The van der Waals surface area contributed by atoms with E-state index in [4.69, 9.17) is 16.6 Å². The molecule has 2 aliphatic heterocycles. The highest BCUT2D eigenvalue weighted by Gasteiger charge is 2.46. The lowest BCUT2D eigenvalue weighted by atomic mass is 9.84. The van der Waals surface area contributed by atoms with E-state index in [0.717, 1.165) is 76.1 Å². The average Bonchev–Trinajstić information content (AvgIpc) is 3.64. The van der Waals surface area contributed by atoms with Crippen LogP contribution in [-0.4, -0.2) is 70.4 Å². The van der Waals surface area contributed by atoms with Crippen molar-refractivity contribution in [2.75, 3.05) is 39.8 Å². The first-order valence-corrected chi connectivity index (χ1v) is 15.1. The minimum Gasteiger partial charge on any atom is -0.366 e. The van der Waals surface area contributed by atoms with Crippen LogP contribution in [0, 0.1) is 6.92 Å². The Morgan fingerprint density at radius 1 is 0.907 bits per heavy atom. The molecule has 0 aliphatic carbocycles. The van der Waals surface area contributed by atoms with Crippen molar-refractivity contribution in [3.8, 4) is 0 Å². The molecule has 4 aromatic carbocycles. The van der Waals surface area contributed by atoms with Gasteiger partial charge in [0, 0.05) is 49.0 Å². The Labute approximate surface area is 256 Å². The number of carbonyl (C=O) groups excluding carboxylic acids is 1. The molecule has 1 atom stereocenters. The number of hydrogen-bond donors (Lipinski definition) is 1. The van der Waals surface area contributed by atoms with Gasteiger partial charge in [0.15, 0.2) is 5.94 Å². The Kier molecular flexibility index (Phi) is 6.86. The largest absolute Gasteiger partial charge is 0.366 e. The Bertz CT molecular complexity index is 1950. The summed E-state index contributed by atoms with van der Waals surface area (Å²) in [5.74, 6) is 2.44. The Morgan fingerprint density at radius 2 is 1.63 bits per heavy atom. The van der Waals surface area contributed by atoms with Crippen molar-refractivity contribution in [2.24, 2.45) is 0 Å². The molecule has 1 saturated heterocycles. The second-order valence-electron chi connectivity index (χ2n) is 11.8. The van der Waals surface area contributed by atoms with Crippen LogP contribution in [0.3, 0.4) is 0 Å². The monoisotopic (exact) mass is 587 g/mol. The van der Waals surface area contributed by atoms with Crippen molar-refractivity contribution in [3.05, 3.63) is 124 Å². The summed E-state index contributed by atoms with van der Waals surface area (Å²) in [6.07, 6.45) is 1.74. The molecule has 1 unspecified atom stereocenters. The molecule has 0 amide bonds. The van der Waals surface area contributed by atoms with Crippen LogP contribution in [0.2, 0.25) is 5.02 Å². The maximum Gasteiger partial charge on any atom is 0.152 e. The molecule has 2 aliphatic rings. The zero-order valence-electron chi connectivity index (χ0n) is 24.7. The van der Waals surface area contributed by atoms with Crippen molar-refractivity contribution in [1.82, 2.24) is 24.7 Å². The number of benzene rings is 4. The van der Waals surface area contributed by atoms with Crippen LogP contribution in [0.4, 0.5) is 0 Å². The first-order valence-electron chi connectivity index (χ1n) is 14.8. The molecule has 7 heteroatoms. The van der Waals surface area contributed by atoms with Gasteiger partial charge in [-0.25, -0.2) is 9.78 Å². The van der Waals surface area contributed by atoms with Gasteiger partial charge in [-0.15, -0.1) is 0 Å². The molecule has 1 fully saturated rings. The summed E-state index contributed by atoms with van der Waals surface area (Å²) in [6, 6.07) is 27.3. The van der Waals surface area contributed by atoms with Crippen LogP contribution in [-0.2, 0) is 10.3 Å². The number of piperazine rings is 1. The van der Waals surface area contributed by atoms with Gasteiger partial charge in [0.2, 0.25) is 0 Å². The van der Waals surface area contributed by atoms with Gasteiger partial charge in [-0.3, -0.25) is 0 Å². The lowest BCUT2D eigenvalue weighted by molar-refractivity contribution is 0.176. The van der Waals surface area contributed by atoms with Crippen molar-refractivity contribution in [3.63, 3.8) is 0 Å². The van der Waals surface area contributed by atoms with Gasteiger partial charge in [-0.1, -0.05) is 72.3 Å². The summed E-state index contributed by atoms with van der Waals surface area (Å²) < 4.78 is 0. The highest BCUT2D eigenvalue weighted by atomic mass is 35.5. The fourth-order valence-corrected chi connectivity index (χ4v) is 7.16. The highest BCUT2D eigenvalue weighted by molar-refractivity contribution is 6.31. The zero-order chi connectivity index (χ0) is 29.7. The molecule has 0 radical (unpaired) electrons. The third-order valence-electron chi connectivity index (χ3n) is 9.31. The standard InChI is InChI=1S/C36H34ClN5O/c1-24-35(39-23-38-24)36(2,28-13-12-25-8-4-5-9-26(25)18-28)42-21-32(31-20-29(37)19-27-10-6-7-11-30(27)31)34(33(42)22-43)41-16-14-40(3)15-17-41/h4-13,18-20,23H,14-17,21H2,1-3H3,(H,38,39). The molecular formula is C36H34ClN5O. The van der Waals surface area contributed by atoms with E-state index in [1.165, 1.54) is 5.39 Å². The molecule has 5 aromatic rings. The third kappa shape index (κ3) is 4.54. The van der Waals surface area contributed by atoms with Crippen LogP contribution in [0.25, 0.3) is 27.1 Å². The lowest BCUT2D eigenvalue weighted by Crippen LogP contribution is -2.47. The molecule has 1 N–H and O–H groups in total. The maximum absolute atomic E-state index is 13.3. The fourth-order valence-electron chi connectivity index (χ4n) is 6.94. The zero-order valence-corrected chi connectivity index (χ0v) is 25.4. The van der Waals surface area contributed by atoms with E-state index in [-0.39, 0.29) is 0 Å².